The van der Waals surface area contributed by atoms with Gasteiger partial charge in [-0.2, -0.15) is 8.78 Å². The minimum Gasteiger partial charge on any atom is -0.433 e. The molecule has 146 valence electrons. The van der Waals surface area contributed by atoms with Crippen molar-refractivity contribution < 1.29 is 23.6 Å². The van der Waals surface area contributed by atoms with Crippen molar-refractivity contribution in [3.63, 3.8) is 0 Å². The maximum atomic E-state index is 12.5. The van der Waals surface area contributed by atoms with E-state index in [1.165, 1.54) is 17.7 Å². The second-order valence-corrected chi connectivity index (χ2v) is 7.25. The molecule has 3 aromatic rings. The van der Waals surface area contributed by atoms with E-state index in [-0.39, 0.29) is 29.9 Å². The molecule has 0 radical (unpaired) electrons. The number of nitrogens with one attached hydrogen (secondary N) is 1. The van der Waals surface area contributed by atoms with E-state index in [1.54, 1.807) is 23.5 Å². The fourth-order valence-electron chi connectivity index (χ4n) is 2.85. The molecule has 28 heavy (non-hydrogen) atoms. The van der Waals surface area contributed by atoms with Crippen molar-refractivity contribution in [2.45, 2.75) is 19.6 Å². The lowest BCUT2D eigenvalue weighted by Crippen LogP contribution is -2.87. The number of halogens is 2. The van der Waals surface area contributed by atoms with Crippen LogP contribution in [0.2, 0.25) is 0 Å². The Bertz CT molecular complexity index is 899. The summed E-state index contributed by atoms with van der Waals surface area (Å²) in [5.74, 6) is -0.349. The van der Waals surface area contributed by atoms with E-state index in [2.05, 4.69) is 22.2 Å². The van der Waals surface area contributed by atoms with Crippen molar-refractivity contribution in [2.24, 2.45) is 0 Å². The largest absolute Gasteiger partial charge is 0.433 e. The number of aryl methyl sites for hydroxylation is 1. The Kier molecular flexibility index (Phi) is 6.73. The Hall–Kier alpha value is -2.77. The standard InChI is InChI=1S/C21H20F2N2O2S/c1-14-8-10-15(11-9-14)20(18-7-4-12-28-18)24-13-19(26)25-16-5-2-3-6-17(16)27-21(22)23/h2-12,20-21,24H,13H2,1H3,(H,25,26)/p+1/t20-/m0/s1. The highest BCUT2D eigenvalue weighted by Crippen LogP contribution is 2.25. The highest BCUT2D eigenvalue weighted by molar-refractivity contribution is 7.10. The fourth-order valence-corrected chi connectivity index (χ4v) is 3.70. The number of anilines is 1. The number of quaternary nitrogens is 1. The number of carbonyl (C=O) groups excluding carboxylic acids is 1. The maximum Gasteiger partial charge on any atom is 0.387 e. The summed E-state index contributed by atoms with van der Waals surface area (Å²) in [4.78, 5) is 13.6. The molecule has 3 N–H and O–H groups in total. The second kappa shape index (κ2) is 9.43. The van der Waals surface area contributed by atoms with Gasteiger partial charge in [0.25, 0.3) is 5.91 Å². The van der Waals surface area contributed by atoms with Crippen molar-refractivity contribution in [2.75, 3.05) is 11.9 Å². The van der Waals surface area contributed by atoms with E-state index in [1.807, 2.05) is 41.9 Å². The molecule has 0 aliphatic rings. The molecule has 1 heterocycles. The zero-order valence-electron chi connectivity index (χ0n) is 15.3. The average molecular weight is 403 g/mol. The van der Waals surface area contributed by atoms with Crippen LogP contribution in [0.3, 0.4) is 0 Å². The quantitative estimate of drug-likeness (QED) is 0.598. The SMILES string of the molecule is Cc1ccc([C@H]([NH2+]CC(=O)Nc2ccccc2OC(F)F)c2cccs2)cc1. The number of hydrogen-bond donors (Lipinski definition) is 2. The molecular formula is C21H21F2N2O2S+. The molecule has 0 unspecified atom stereocenters. The monoisotopic (exact) mass is 403 g/mol. The summed E-state index contributed by atoms with van der Waals surface area (Å²) in [6.07, 6.45) is 0. The maximum absolute atomic E-state index is 12.5. The molecule has 0 saturated heterocycles. The minimum absolute atomic E-state index is 0.0149. The van der Waals surface area contributed by atoms with Crippen LogP contribution in [-0.2, 0) is 4.79 Å². The number of rotatable bonds is 8. The van der Waals surface area contributed by atoms with Gasteiger partial charge in [0, 0.05) is 5.56 Å². The summed E-state index contributed by atoms with van der Waals surface area (Å²) < 4.78 is 29.5. The number of thiophene rings is 1. The van der Waals surface area contributed by atoms with E-state index in [0.29, 0.717) is 0 Å². The topological polar surface area (TPSA) is 54.9 Å². The van der Waals surface area contributed by atoms with Crippen molar-refractivity contribution in [3.05, 3.63) is 82.0 Å². The average Bonchev–Trinajstić information content (AvgIpc) is 3.19. The van der Waals surface area contributed by atoms with Crippen LogP contribution in [0.4, 0.5) is 14.5 Å². The fraction of sp³-hybridized carbons (Fsp3) is 0.190. The third kappa shape index (κ3) is 5.37. The number of amides is 1. The summed E-state index contributed by atoms with van der Waals surface area (Å²) in [7, 11) is 0. The van der Waals surface area contributed by atoms with E-state index in [0.717, 1.165) is 10.4 Å². The third-order valence-corrected chi connectivity index (χ3v) is 5.16. The number of nitrogens with two attached hydrogens (primary N) is 1. The number of hydrogen-bond acceptors (Lipinski definition) is 3. The van der Waals surface area contributed by atoms with Crippen LogP contribution >= 0.6 is 11.3 Å². The predicted molar refractivity (Wildman–Crippen MR) is 106 cm³/mol. The van der Waals surface area contributed by atoms with Crippen molar-refractivity contribution >= 4 is 22.9 Å². The number of benzene rings is 2. The highest BCUT2D eigenvalue weighted by atomic mass is 32.1. The summed E-state index contributed by atoms with van der Waals surface area (Å²) >= 11 is 1.63. The third-order valence-electron chi connectivity index (χ3n) is 4.20. The Labute approximate surface area is 166 Å². The number of carbonyl (C=O) groups is 1. The molecule has 1 aromatic heterocycles. The van der Waals surface area contributed by atoms with Crippen molar-refractivity contribution in [1.82, 2.24) is 0 Å². The molecule has 3 rings (SSSR count). The number of para-hydroxylation sites is 2. The van der Waals surface area contributed by atoms with Crippen LogP contribution in [0.25, 0.3) is 0 Å². The molecule has 4 nitrogen and oxygen atoms in total. The van der Waals surface area contributed by atoms with Gasteiger partial charge in [0.1, 0.15) is 11.8 Å². The van der Waals surface area contributed by atoms with Gasteiger partial charge in [-0.05, 0) is 30.5 Å². The molecule has 7 heteroatoms. The van der Waals surface area contributed by atoms with Crippen LogP contribution < -0.4 is 15.4 Å². The minimum atomic E-state index is -2.95. The second-order valence-electron chi connectivity index (χ2n) is 6.27. The lowest BCUT2D eigenvalue weighted by molar-refractivity contribution is -0.675. The van der Waals surface area contributed by atoms with Gasteiger partial charge >= 0.3 is 6.61 Å². The first kappa shape index (κ1) is 20.0. The smallest absolute Gasteiger partial charge is 0.387 e. The number of alkyl halides is 2. The lowest BCUT2D eigenvalue weighted by atomic mass is 10.0. The summed E-state index contributed by atoms with van der Waals surface area (Å²) in [5.41, 5.74) is 2.49. The Morgan fingerprint density at radius 1 is 1.11 bits per heavy atom. The normalized spacial score (nSPS) is 12.0. The molecular weight excluding hydrogens is 382 g/mol. The van der Waals surface area contributed by atoms with Gasteiger partial charge in [-0.25, -0.2) is 0 Å². The Morgan fingerprint density at radius 2 is 1.86 bits per heavy atom. The molecule has 0 fully saturated rings. The first-order valence-corrected chi connectivity index (χ1v) is 9.68. The van der Waals surface area contributed by atoms with E-state index in [4.69, 9.17) is 0 Å². The van der Waals surface area contributed by atoms with E-state index >= 15 is 0 Å². The summed E-state index contributed by atoms with van der Waals surface area (Å²) in [6.45, 7) is -0.784. The van der Waals surface area contributed by atoms with Gasteiger partial charge in [0.05, 0.1) is 10.6 Å². The van der Waals surface area contributed by atoms with Gasteiger partial charge < -0.3 is 15.4 Å². The van der Waals surface area contributed by atoms with Gasteiger partial charge in [-0.1, -0.05) is 48.0 Å². The molecule has 0 aliphatic carbocycles. The molecule has 0 bridgehead atoms. The summed E-state index contributed by atoms with van der Waals surface area (Å²) in [5, 5.41) is 6.59. The zero-order chi connectivity index (χ0) is 19.9. The van der Waals surface area contributed by atoms with Gasteiger partial charge in [0.2, 0.25) is 0 Å². The molecule has 0 saturated carbocycles. The molecule has 1 atom stereocenters. The van der Waals surface area contributed by atoms with Crippen LogP contribution in [0.5, 0.6) is 5.75 Å². The van der Waals surface area contributed by atoms with Crippen LogP contribution in [-0.4, -0.2) is 19.1 Å². The number of ether oxygens (including phenoxy) is 1. The lowest BCUT2D eigenvalue weighted by Gasteiger charge is -2.16. The highest BCUT2D eigenvalue weighted by Gasteiger charge is 2.20. The van der Waals surface area contributed by atoms with Crippen LogP contribution in [0, 0.1) is 6.92 Å². The first-order chi connectivity index (χ1) is 13.5. The summed E-state index contributed by atoms with van der Waals surface area (Å²) in [6, 6.07) is 18.4. The molecule has 0 spiro atoms. The molecule has 2 aromatic carbocycles. The Morgan fingerprint density at radius 3 is 2.54 bits per heavy atom. The van der Waals surface area contributed by atoms with Crippen molar-refractivity contribution in [3.8, 4) is 5.75 Å². The van der Waals surface area contributed by atoms with Crippen LogP contribution in [0.1, 0.15) is 22.0 Å². The van der Waals surface area contributed by atoms with Crippen LogP contribution in [0.15, 0.2) is 66.0 Å². The van der Waals surface area contributed by atoms with Gasteiger partial charge in [-0.15, -0.1) is 11.3 Å². The predicted octanol–water partition coefficient (Wildman–Crippen LogP) is 3.95. The Balaban J connectivity index is 1.68. The van der Waals surface area contributed by atoms with Gasteiger partial charge in [0.15, 0.2) is 6.54 Å². The molecule has 0 aliphatic heterocycles. The van der Waals surface area contributed by atoms with E-state index in [9.17, 15) is 13.6 Å². The first-order valence-electron chi connectivity index (χ1n) is 8.80. The van der Waals surface area contributed by atoms with Crippen molar-refractivity contribution in [1.29, 1.82) is 0 Å². The molecule has 1 amide bonds. The van der Waals surface area contributed by atoms with Gasteiger partial charge in [-0.3, -0.25) is 4.79 Å². The van der Waals surface area contributed by atoms with E-state index < -0.39 is 6.61 Å². The zero-order valence-corrected chi connectivity index (χ0v) is 16.1.